The Morgan fingerprint density at radius 2 is 1.72 bits per heavy atom. The lowest BCUT2D eigenvalue weighted by atomic mass is 10.2. The van der Waals surface area contributed by atoms with Gasteiger partial charge in [0, 0.05) is 21.8 Å². The Kier molecular flexibility index (Phi) is 6.26. The van der Waals surface area contributed by atoms with E-state index < -0.39 is 21.7 Å². The lowest BCUT2D eigenvalue weighted by Gasteiger charge is -2.09. The zero-order valence-electron chi connectivity index (χ0n) is 14.8. The molecule has 6 nitrogen and oxygen atoms in total. The molecule has 0 saturated heterocycles. The summed E-state index contributed by atoms with van der Waals surface area (Å²) in [5, 5.41) is 4.18. The average molecular weight is 432 g/mol. The molecule has 0 aliphatic heterocycles. The monoisotopic (exact) mass is 431 g/mol. The Balaban J connectivity index is 1.73. The lowest BCUT2D eigenvalue weighted by molar-refractivity contribution is 0.0955. The smallest absolute Gasteiger partial charge is 0.271 e. The van der Waals surface area contributed by atoms with Gasteiger partial charge < -0.3 is 0 Å². The summed E-state index contributed by atoms with van der Waals surface area (Å²) in [5.41, 5.74) is 2.86. The molecular formula is C20H15ClFN3O3S. The van der Waals surface area contributed by atoms with Gasteiger partial charge in [-0.05, 0) is 48.5 Å². The van der Waals surface area contributed by atoms with Crippen molar-refractivity contribution in [3.05, 3.63) is 94.8 Å². The van der Waals surface area contributed by atoms with Gasteiger partial charge in [0.25, 0.3) is 15.9 Å². The summed E-state index contributed by atoms with van der Waals surface area (Å²) >= 11 is 5.79. The molecule has 3 aromatic carbocycles. The molecule has 3 aromatic rings. The number of nitrogens with zero attached hydrogens (tertiary/aromatic N) is 1. The first-order valence-electron chi connectivity index (χ1n) is 8.31. The van der Waals surface area contributed by atoms with E-state index in [1.165, 1.54) is 54.6 Å². The van der Waals surface area contributed by atoms with Gasteiger partial charge in [-0.25, -0.2) is 18.2 Å². The van der Waals surface area contributed by atoms with Crippen molar-refractivity contribution in [1.82, 2.24) is 5.43 Å². The zero-order chi connectivity index (χ0) is 20.9. The number of hydrazone groups is 1. The lowest BCUT2D eigenvalue weighted by Crippen LogP contribution is -2.19. The van der Waals surface area contributed by atoms with Gasteiger partial charge in [0.2, 0.25) is 0 Å². The average Bonchev–Trinajstić information content (AvgIpc) is 2.71. The number of anilines is 1. The highest BCUT2D eigenvalue weighted by molar-refractivity contribution is 7.92. The predicted molar refractivity (Wildman–Crippen MR) is 110 cm³/mol. The molecule has 29 heavy (non-hydrogen) atoms. The van der Waals surface area contributed by atoms with Crippen molar-refractivity contribution >= 4 is 39.4 Å². The van der Waals surface area contributed by atoms with E-state index in [-0.39, 0.29) is 16.0 Å². The third-order valence-electron chi connectivity index (χ3n) is 3.78. The Hall–Kier alpha value is -3.23. The number of benzene rings is 3. The van der Waals surface area contributed by atoms with Gasteiger partial charge in [-0.3, -0.25) is 9.52 Å². The first kappa shape index (κ1) is 20.5. The third-order valence-corrected chi connectivity index (χ3v) is 5.41. The number of rotatable bonds is 6. The molecule has 3 rings (SSSR count). The van der Waals surface area contributed by atoms with Crippen molar-refractivity contribution in [3.8, 4) is 0 Å². The second-order valence-corrected chi connectivity index (χ2v) is 7.98. The van der Waals surface area contributed by atoms with Crippen LogP contribution in [0.5, 0.6) is 0 Å². The maximum atomic E-state index is 13.5. The molecule has 0 aromatic heterocycles. The Morgan fingerprint density at radius 3 is 2.45 bits per heavy atom. The number of carbonyl (C=O) groups is 1. The van der Waals surface area contributed by atoms with Crippen LogP contribution in [-0.2, 0) is 10.0 Å². The molecule has 0 radical (unpaired) electrons. The summed E-state index contributed by atoms with van der Waals surface area (Å²) in [6, 6.07) is 17.5. The van der Waals surface area contributed by atoms with E-state index in [1.54, 1.807) is 18.2 Å². The standard InChI is InChI=1S/C20H15ClFN3O3S/c21-16-8-10-17(11-9-16)25-29(27,28)18-6-3-5-14(12-18)20(26)24-23-13-15-4-1-2-7-19(15)22/h1-13,25H,(H,24,26). The molecule has 0 unspecified atom stereocenters. The van der Waals surface area contributed by atoms with Gasteiger partial charge in [-0.2, -0.15) is 5.10 Å². The van der Waals surface area contributed by atoms with E-state index in [2.05, 4.69) is 15.2 Å². The second-order valence-electron chi connectivity index (χ2n) is 5.86. The van der Waals surface area contributed by atoms with E-state index >= 15 is 0 Å². The molecule has 0 atom stereocenters. The van der Waals surface area contributed by atoms with Crippen molar-refractivity contribution in [2.24, 2.45) is 5.10 Å². The van der Waals surface area contributed by atoms with Crippen LogP contribution in [0.1, 0.15) is 15.9 Å². The van der Waals surface area contributed by atoms with Crippen molar-refractivity contribution in [3.63, 3.8) is 0 Å². The van der Waals surface area contributed by atoms with Crippen LogP contribution in [0.15, 0.2) is 82.8 Å². The number of carbonyl (C=O) groups excluding carboxylic acids is 1. The second kappa shape index (κ2) is 8.85. The van der Waals surface area contributed by atoms with Crippen LogP contribution in [0.4, 0.5) is 10.1 Å². The van der Waals surface area contributed by atoms with Crippen LogP contribution < -0.4 is 10.1 Å². The van der Waals surface area contributed by atoms with Gasteiger partial charge in [-0.1, -0.05) is 35.9 Å². The van der Waals surface area contributed by atoms with Crippen molar-refractivity contribution in [1.29, 1.82) is 0 Å². The topological polar surface area (TPSA) is 87.6 Å². The normalized spacial score (nSPS) is 11.4. The van der Waals surface area contributed by atoms with E-state index in [0.717, 1.165) is 6.21 Å². The van der Waals surface area contributed by atoms with Crippen molar-refractivity contribution in [2.45, 2.75) is 4.90 Å². The molecule has 0 aliphatic rings. The fourth-order valence-electron chi connectivity index (χ4n) is 2.34. The largest absolute Gasteiger partial charge is 0.280 e. The van der Waals surface area contributed by atoms with Crippen LogP contribution in [0.25, 0.3) is 0 Å². The van der Waals surface area contributed by atoms with Crippen LogP contribution in [0.2, 0.25) is 5.02 Å². The molecular weight excluding hydrogens is 417 g/mol. The number of nitrogens with one attached hydrogen (secondary N) is 2. The van der Waals surface area contributed by atoms with Crippen LogP contribution >= 0.6 is 11.6 Å². The van der Waals surface area contributed by atoms with Crippen LogP contribution in [0, 0.1) is 5.82 Å². The van der Waals surface area contributed by atoms with E-state index in [1.807, 2.05) is 0 Å². The molecule has 0 aliphatic carbocycles. The van der Waals surface area contributed by atoms with Gasteiger partial charge in [0.1, 0.15) is 5.82 Å². The fraction of sp³-hybridized carbons (Fsp3) is 0. The number of hydrogen-bond acceptors (Lipinski definition) is 4. The summed E-state index contributed by atoms with van der Waals surface area (Å²) in [6.45, 7) is 0. The molecule has 0 fully saturated rings. The first-order valence-corrected chi connectivity index (χ1v) is 10.2. The minimum atomic E-state index is -3.91. The highest BCUT2D eigenvalue weighted by Gasteiger charge is 2.16. The number of halogens is 2. The van der Waals surface area contributed by atoms with Gasteiger partial charge >= 0.3 is 0 Å². The minimum absolute atomic E-state index is 0.0784. The van der Waals surface area contributed by atoms with Gasteiger partial charge in [0.05, 0.1) is 11.1 Å². The van der Waals surface area contributed by atoms with Crippen LogP contribution in [-0.4, -0.2) is 20.5 Å². The fourth-order valence-corrected chi connectivity index (χ4v) is 3.57. The summed E-state index contributed by atoms with van der Waals surface area (Å²) in [5.74, 6) is -1.12. The highest BCUT2D eigenvalue weighted by Crippen LogP contribution is 2.19. The molecule has 0 heterocycles. The first-order chi connectivity index (χ1) is 13.8. The highest BCUT2D eigenvalue weighted by atomic mass is 35.5. The molecule has 0 saturated carbocycles. The quantitative estimate of drug-likeness (QED) is 0.456. The molecule has 148 valence electrons. The van der Waals surface area contributed by atoms with Crippen molar-refractivity contribution in [2.75, 3.05) is 4.72 Å². The Morgan fingerprint density at radius 1 is 1.00 bits per heavy atom. The maximum absolute atomic E-state index is 13.5. The summed E-state index contributed by atoms with van der Waals surface area (Å²) < 4.78 is 41.0. The predicted octanol–water partition coefficient (Wildman–Crippen LogP) is 4.04. The molecule has 2 N–H and O–H groups in total. The van der Waals surface area contributed by atoms with Gasteiger partial charge in [-0.15, -0.1) is 0 Å². The summed E-state index contributed by atoms with van der Waals surface area (Å²) in [6.07, 6.45) is 1.16. The summed E-state index contributed by atoms with van der Waals surface area (Å²) in [4.78, 5) is 12.1. The molecule has 0 spiro atoms. The zero-order valence-corrected chi connectivity index (χ0v) is 16.4. The Bertz CT molecular complexity index is 1170. The number of hydrogen-bond donors (Lipinski definition) is 2. The van der Waals surface area contributed by atoms with E-state index in [9.17, 15) is 17.6 Å². The molecule has 1 amide bonds. The molecule has 0 bridgehead atoms. The number of amides is 1. The SMILES string of the molecule is O=C(NN=Cc1ccccc1F)c1cccc(S(=O)(=O)Nc2ccc(Cl)cc2)c1. The van der Waals surface area contributed by atoms with Crippen molar-refractivity contribution < 1.29 is 17.6 Å². The Labute approximate surface area is 172 Å². The van der Waals surface area contributed by atoms with E-state index in [0.29, 0.717) is 10.7 Å². The third kappa shape index (κ3) is 5.40. The van der Waals surface area contributed by atoms with Gasteiger partial charge in [0.15, 0.2) is 0 Å². The van der Waals surface area contributed by atoms with Crippen LogP contribution in [0.3, 0.4) is 0 Å². The van der Waals surface area contributed by atoms with E-state index in [4.69, 9.17) is 11.6 Å². The maximum Gasteiger partial charge on any atom is 0.271 e. The minimum Gasteiger partial charge on any atom is -0.280 e. The summed E-state index contributed by atoms with van der Waals surface area (Å²) in [7, 11) is -3.91. The number of sulfonamides is 1. The molecule has 9 heteroatoms.